The molecule has 0 aliphatic carbocycles. The molecule has 2 aromatic heterocycles. The van der Waals surface area contributed by atoms with Crippen LogP contribution in [0.1, 0.15) is 34.7 Å². The van der Waals surface area contributed by atoms with Gasteiger partial charge in [-0.2, -0.15) is 0 Å². The van der Waals surface area contributed by atoms with Gasteiger partial charge in [0.25, 0.3) is 0 Å². The quantitative estimate of drug-likeness (QED) is 0.399. The van der Waals surface area contributed by atoms with Gasteiger partial charge in [0.15, 0.2) is 5.96 Å². The Hall–Kier alpha value is -0.670. The van der Waals surface area contributed by atoms with Crippen LogP contribution in [0.2, 0.25) is 0 Å². The Morgan fingerprint density at radius 3 is 2.86 bits per heavy atom. The molecule has 4 nitrogen and oxygen atoms in total. The van der Waals surface area contributed by atoms with E-state index < -0.39 is 0 Å². The van der Waals surface area contributed by atoms with Crippen molar-refractivity contribution in [3.63, 3.8) is 0 Å². The molecule has 122 valence electrons. The van der Waals surface area contributed by atoms with E-state index in [2.05, 4.69) is 52.0 Å². The lowest BCUT2D eigenvalue weighted by Gasteiger charge is -2.16. The van der Waals surface area contributed by atoms with E-state index >= 15 is 0 Å². The SMILES string of the molecule is CCc1cnc(CCNC(=NC)NC(C)c2cccs2)s1.I. The van der Waals surface area contributed by atoms with Crippen LogP contribution >= 0.6 is 46.7 Å². The van der Waals surface area contributed by atoms with Crippen molar-refractivity contribution in [2.24, 2.45) is 4.99 Å². The van der Waals surface area contributed by atoms with Gasteiger partial charge < -0.3 is 10.6 Å². The van der Waals surface area contributed by atoms with E-state index in [0.29, 0.717) is 0 Å². The van der Waals surface area contributed by atoms with Gasteiger partial charge in [0.2, 0.25) is 0 Å². The second-order valence-electron chi connectivity index (χ2n) is 4.70. The van der Waals surface area contributed by atoms with Gasteiger partial charge in [0, 0.05) is 36.0 Å². The number of rotatable bonds is 6. The summed E-state index contributed by atoms with van der Waals surface area (Å²) in [5.41, 5.74) is 0. The maximum Gasteiger partial charge on any atom is 0.191 e. The average molecular weight is 450 g/mol. The Labute approximate surface area is 157 Å². The maximum atomic E-state index is 4.43. The largest absolute Gasteiger partial charge is 0.356 e. The van der Waals surface area contributed by atoms with E-state index in [0.717, 1.165) is 25.3 Å². The molecule has 2 heterocycles. The summed E-state index contributed by atoms with van der Waals surface area (Å²) in [5, 5.41) is 10.0. The molecule has 0 saturated carbocycles. The highest BCUT2D eigenvalue weighted by molar-refractivity contribution is 14.0. The second kappa shape index (κ2) is 10.2. The Balaban J connectivity index is 0.00000242. The molecule has 1 atom stereocenters. The first kappa shape index (κ1) is 19.4. The van der Waals surface area contributed by atoms with Crippen LogP contribution in [0.5, 0.6) is 0 Å². The van der Waals surface area contributed by atoms with Gasteiger partial charge in [-0.05, 0) is 24.8 Å². The molecule has 0 bridgehead atoms. The van der Waals surface area contributed by atoms with Crippen molar-refractivity contribution in [1.82, 2.24) is 15.6 Å². The molecule has 2 rings (SSSR count). The van der Waals surface area contributed by atoms with Crippen molar-refractivity contribution in [1.29, 1.82) is 0 Å². The van der Waals surface area contributed by atoms with Crippen LogP contribution in [0.15, 0.2) is 28.7 Å². The summed E-state index contributed by atoms with van der Waals surface area (Å²) in [6, 6.07) is 4.47. The van der Waals surface area contributed by atoms with Crippen LogP contribution in [-0.4, -0.2) is 24.5 Å². The van der Waals surface area contributed by atoms with Crippen LogP contribution < -0.4 is 10.6 Å². The first-order valence-corrected chi connectivity index (χ1v) is 8.86. The number of aliphatic imine (C=N–C) groups is 1. The Morgan fingerprint density at radius 2 is 2.27 bits per heavy atom. The maximum absolute atomic E-state index is 4.43. The fourth-order valence-electron chi connectivity index (χ4n) is 1.92. The molecule has 0 aromatic carbocycles. The standard InChI is InChI=1S/C15H22N4S2.HI/c1-4-12-10-18-14(21-12)7-8-17-15(16-3)19-11(2)13-6-5-9-20-13;/h5-6,9-11H,4,7-8H2,1-3H3,(H2,16,17,19);1H. The molecule has 1 unspecified atom stereocenters. The number of nitrogens with zero attached hydrogens (tertiary/aromatic N) is 2. The van der Waals surface area contributed by atoms with Gasteiger partial charge in [-0.25, -0.2) is 4.98 Å². The molecular formula is C15H23IN4S2. The molecule has 0 saturated heterocycles. The molecule has 0 aliphatic rings. The molecule has 7 heteroatoms. The third-order valence-corrected chi connectivity index (χ3v) is 5.38. The summed E-state index contributed by atoms with van der Waals surface area (Å²) in [5.74, 6) is 0.836. The fourth-order valence-corrected chi connectivity index (χ4v) is 3.52. The molecule has 2 N–H and O–H groups in total. The number of hydrogen-bond acceptors (Lipinski definition) is 4. The minimum atomic E-state index is 0. The van der Waals surface area contributed by atoms with Crippen LogP contribution in [0.25, 0.3) is 0 Å². The lowest BCUT2D eigenvalue weighted by atomic mass is 10.3. The predicted octanol–water partition coefficient (Wildman–Crippen LogP) is 3.85. The number of thiophene rings is 1. The molecule has 0 amide bonds. The first-order valence-electron chi connectivity index (χ1n) is 7.17. The Morgan fingerprint density at radius 1 is 1.45 bits per heavy atom. The molecule has 0 fully saturated rings. The zero-order chi connectivity index (χ0) is 15.1. The van der Waals surface area contributed by atoms with Gasteiger partial charge in [0.1, 0.15) is 0 Å². The molecule has 2 aromatic rings. The lowest BCUT2D eigenvalue weighted by molar-refractivity contribution is 0.695. The third-order valence-electron chi connectivity index (χ3n) is 3.13. The minimum Gasteiger partial charge on any atom is -0.356 e. The van der Waals surface area contributed by atoms with E-state index in [9.17, 15) is 0 Å². The lowest BCUT2D eigenvalue weighted by Crippen LogP contribution is -2.39. The fraction of sp³-hybridized carbons (Fsp3) is 0.467. The summed E-state index contributed by atoms with van der Waals surface area (Å²) in [7, 11) is 1.80. The van der Waals surface area contributed by atoms with E-state index in [4.69, 9.17) is 0 Å². The average Bonchev–Trinajstić information content (AvgIpc) is 3.17. The van der Waals surface area contributed by atoms with Crippen LogP contribution in [0, 0.1) is 0 Å². The first-order chi connectivity index (χ1) is 10.2. The molecular weight excluding hydrogens is 427 g/mol. The summed E-state index contributed by atoms with van der Waals surface area (Å²) in [6.45, 7) is 5.15. The highest BCUT2D eigenvalue weighted by atomic mass is 127. The van der Waals surface area contributed by atoms with E-state index in [1.54, 1.807) is 29.7 Å². The van der Waals surface area contributed by atoms with Gasteiger partial charge in [-0.1, -0.05) is 13.0 Å². The number of nitrogens with one attached hydrogen (secondary N) is 2. The number of aryl methyl sites for hydroxylation is 1. The number of thiazole rings is 1. The number of halogens is 1. The van der Waals surface area contributed by atoms with Crippen molar-refractivity contribution in [2.75, 3.05) is 13.6 Å². The van der Waals surface area contributed by atoms with E-state index in [-0.39, 0.29) is 30.0 Å². The number of guanidine groups is 1. The van der Waals surface area contributed by atoms with Crippen molar-refractivity contribution >= 4 is 52.6 Å². The predicted molar refractivity (Wildman–Crippen MR) is 108 cm³/mol. The van der Waals surface area contributed by atoms with E-state index in [1.807, 2.05) is 6.20 Å². The highest BCUT2D eigenvalue weighted by Crippen LogP contribution is 2.17. The molecule has 22 heavy (non-hydrogen) atoms. The van der Waals surface area contributed by atoms with Gasteiger partial charge in [-0.15, -0.1) is 46.7 Å². The van der Waals surface area contributed by atoms with Crippen LogP contribution in [0.4, 0.5) is 0 Å². The Bertz CT molecular complexity index is 566. The van der Waals surface area contributed by atoms with Crippen LogP contribution in [-0.2, 0) is 12.8 Å². The van der Waals surface area contributed by atoms with E-state index in [1.165, 1.54) is 14.8 Å². The van der Waals surface area contributed by atoms with Crippen molar-refractivity contribution in [3.8, 4) is 0 Å². The van der Waals surface area contributed by atoms with Gasteiger partial charge in [-0.3, -0.25) is 4.99 Å². The second-order valence-corrected chi connectivity index (χ2v) is 6.88. The van der Waals surface area contributed by atoms with Crippen molar-refractivity contribution in [3.05, 3.63) is 38.5 Å². The van der Waals surface area contributed by atoms with Crippen molar-refractivity contribution in [2.45, 2.75) is 32.7 Å². The summed E-state index contributed by atoms with van der Waals surface area (Å²) < 4.78 is 0. The zero-order valence-corrected chi connectivity index (χ0v) is 17.1. The molecule has 0 aliphatic heterocycles. The summed E-state index contributed by atoms with van der Waals surface area (Å²) in [6.07, 6.45) is 3.97. The van der Waals surface area contributed by atoms with Gasteiger partial charge in [0.05, 0.1) is 11.0 Å². The summed E-state index contributed by atoms with van der Waals surface area (Å²) >= 11 is 3.55. The number of aromatic nitrogens is 1. The Kier molecular flexibility index (Phi) is 8.96. The molecule has 0 radical (unpaired) electrons. The topological polar surface area (TPSA) is 49.3 Å². The normalized spacial score (nSPS) is 12.6. The smallest absolute Gasteiger partial charge is 0.191 e. The van der Waals surface area contributed by atoms with Crippen LogP contribution in [0.3, 0.4) is 0 Å². The zero-order valence-electron chi connectivity index (χ0n) is 13.1. The van der Waals surface area contributed by atoms with Gasteiger partial charge >= 0.3 is 0 Å². The van der Waals surface area contributed by atoms with Crippen molar-refractivity contribution < 1.29 is 0 Å². The minimum absolute atomic E-state index is 0. The highest BCUT2D eigenvalue weighted by Gasteiger charge is 2.08. The monoisotopic (exact) mass is 450 g/mol. The summed E-state index contributed by atoms with van der Waals surface area (Å²) in [4.78, 5) is 11.4. The molecule has 0 spiro atoms. The third kappa shape index (κ3) is 5.85. The number of hydrogen-bond donors (Lipinski definition) is 2.